The number of imidazole rings is 1. The summed E-state index contributed by atoms with van der Waals surface area (Å²) in [6, 6.07) is 12.3. The molecule has 0 aliphatic carbocycles. The molecule has 0 bridgehead atoms. The maximum atomic E-state index is 13.4. The minimum absolute atomic E-state index is 0.284. The third kappa shape index (κ3) is 3.93. The zero-order valence-electron chi connectivity index (χ0n) is 18.6. The lowest BCUT2D eigenvalue weighted by molar-refractivity contribution is 0.342. The first kappa shape index (κ1) is 21.1. The van der Waals surface area contributed by atoms with Crippen molar-refractivity contribution >= 4 is 12.2 Å². The molecule has 1 atom stereocenters. The van der Waals surface area contributed by atoms with E-state index in [9.17, 15) is 4.39 Å². The second-order valence-electron chi connectivity index (χ2n) is 8.29. The van der Waals surface area contributed by atoms with E-state index in [2.05, 4.69) is 10.1 Å². The second kappa shape index (κ2) is 8.29. The van der Waals surface area contributed by atoms with Crippen LogP contribution in [-0.4, -0.2) is 31.4 Å². The van der Waals surface area contributed by atoms with E-state index >= 15 is 0 Å². The molecule has 2 N–H and O–H groups in total. The van der Waals surface area contributed by atoms with Crippen molar-refractivity contribution in [1.82, 2.24) is 24.3 Å². The number of aromatic nitrogens is 5. The predicted octanol–water partition coefficient (Wildman–Crippen LogP) is 4.09. The lowest BCUT2D eigenvalue weighted by Gasteiger charge is -2.33. The Kier molecular flexibility index (Phi) is 5.30. The summed E-state index contributed by atoms with van der Waals surface area (Å²) in [5.41, 5.74) is 9.63. The Morgan fingerprint density at radius 1 is 1.15 bits per heavy atom. The Morgan fingerprint density at radius 2 is 1.97 bits per heavy atom. The van der Waals surface area contributed by atoms with E-state index in [0.29, 0.717) is 11.6 Å². The highest BCUT2D eigenvalue weighted by Gasteiger charge is 2.37. The summed E-state index contributed by atoms with van der Waals surface area (Å²) in [5.74, 6) is 1.73. The minimum atomic E-state index is -0.793. The van der Waals surface area contributed by atoms with Crippen LogP contribution in [0.15, 0.2) is 55.0 Å². The molecule has 2 aromatic carbocycles. The van der Waals surface area contributed by atoms with E-state index in [1.165, 1.54) is 12.1 Å². The van der Waals surface area contributed by atoms with Crippen LogP contribution < -0.4 is 10.5 Å². The van der Waals surface area contributed by atoms with E-state index in [0.717, 1.165) is 47.6 Å². The highest BCUT2D eigenvalue weighted by atomic mass is 19.1. The van der Waals surface area contributed by atoms with Crippen molar-refractivity contribution in [3.63, 3.8) is 0 Å². The van der Waals surface area contributed by atoms with Gasteiger partial charge in [0, 0.05) is 12.7 Å². The summed E-state index contributed by atoms with van der Waals surface area (Å²) in [6.45, 7) is 2.70. The third-order valence-corrected chi connectivity index (χ3v) is 6.01. The van der Waals surface area contributed by atoms with E-state index < -0.39 is 5.54 Å². The Bertz CT molecular complexity index is 1320. The Morgan fingerprint density at radius 3 is 2.70 bits per heavy atom. The maximum Gasteiger partial charge on any atom is 0.174 e. The van der Waals surface area contributed by atoms with Gasteiger partial charge in [0.05, 0.1) is 24.8 Å². The van der Waals surface area contributed by atoms with Crippen LogP contribution in [0.25, 0.3) is 17.8 Å². The number of methoxy groups -OCH3 is 1. The van der Waals surface area contributed by atoms with Gasteiger partial charge >= 0.3 is 0 Å². The average molecular weight is 445 g/mol. The monoisotopic (exact) mass is 444 g/mol. The van der Waals surface area contributed by atoms with Crippen LogP contribution in [-0.2, 0) is 12.1 Å². The number of aryl methyl sites for hydroxylation is 2. The quantitative estimate of drug-likeness (QED) is 0.501. The van der Waals surface area contributed by atoms with E-state index in [4.69, 9.17) is 15.5 Å². The third-order valence-electron chi connectivity index (χ3n) is 6.01. The van der Waals surface area contributed by atoms with Crippen LogP contribution in [0.5, 0.6) is 5.75 Å². The van der Waals surface area contributed by atoms with Crippen LogP contribution >= 0.6 is 0 Å². The molecule has 3 heterocycles. The smallest absolute Gasteiger partial charge is 0.174 e. The van der Waals surface area contributed by atoms with Crippen LogP contribution in [0.4, 0.5) is 4.39 Å². The van der Waals surface area contributed by atoms with Crippen molar-refractivity contribution in [2.24, 2.45) is 5.73 Å². The minimum Gasteiger partial charge on any atom is -0.495 e. The number of fused-ring (bicyclic) bond motifs is 1. The molecule has 1 aliphatic heterocycles. The number of halogens is 1. The fourth-order valence-electron chi connectivity index (χ4n) is 4.29. The lowest BCUT2D eigenvalue weighted by Crippen LogP contribution is -2.43. The van der Waals surface area contributed by atoms with Crippen LogP contribution in [0.1, 0.15) is 41.3 Å². The first-order valence-corrected chi connectivity index (χ1v) is 10.8. The summed E-state index contributed by atoms with van der Waals surface area (Å²) in [4.78, 5) is 9.01. The van der Waals surface area contributed by atoms with Crippen molar-refractivity contribution in [2.45, 2.75) is 31.8 Å². The highest BCUT2D eigenvalue weighted by Crippen LogP contribution is 2.34. The summed E-state index contributed by atoms with van der Waals surface area (Å²) < 4.78 is 22.8. The first-order chi connectivity index (χ1) is 16.0. The average Bonchev–Trinajstić information content (AvgIpc) is 3.45. The van der Waals surface area contributed by atoms with E-state index in [-0.39, 0.29) is 5.82 Å². The molecule has 1 unspecified atom stereocenters. The van der Waals surface area contributed by atoms with Crippen molar-refractivity contribution < 1.29 is 9.13 Å². The van der Waals surface area contributed by atoms with Gasteiger partial charge in [-0.05, 0) is 61.2 Å². The maximum absolute atomic E-state index is 13.4. The normalized spacial score (nSPS) is 17.9. The SMILES string of the molecule is COc1cc(/C=C/c2nc3n(n2)CCCC3(N)c2ccc(F)cc2)ccc1-n1cnc(C)c1. The van der Waals surface area contributed by atoms with Gasteiger partial charge in [0.1, 0.15) is 17.1 Å². The fourth-order valence-corrected chi connectivity index (χ4v) is 4.29. The molecule has 0 spiro atoms. The predicted molar refractivity (Wildman–Crippen MR) is 124 cm³/mol. The van der Waals surface area contributed by atoms with Gasteiger partial charge in [-0.1, -0.05) is 24.3 Å². The Balaban J connectivity index is 1.43. The topological polar surface area (TPSA) is 83.8 Å². The molecule has 0 radical (unpaired) electrons. The molecule has 0 amide bonds. The Hall–Kier alpha value is -3.78. The number of rotatable bonds is 5. The van der Waals surface area contributed by atoms with Crippen LogP contribution in [0.3, 0.4) is 0 Å². The molecule has 168 valence electrons. The number of hydrogen-bond donors (Lipinski definition) is 1. The van der Waals surface area contributed by atoms with Gasteiger partial charge in [-0.15, -0.1) is 0 Å². The molecule has 0 saturated heterocycles. The fraction of sp³-hybridized carbons (Fsp3) is 0.240. The van der Waals surface area contributed by atoms with Crippen molar-refractivity contribution in [3.8, 4) is 11.4 Å². The van der Waals surface area contributed by atoms with Gasteiger partial charge in [0.25, 0.3) is 0 Å². The number of nitrogens with zero attached hydrogens (tertiary/aromatic N) is 5. The summed E-state index contributed by atoms with van der Waals surface area (Å²) >= 11 is 0. The number of hydrogen-bond acceptors (Lipinski definition) is 5. The molecule has 7 nitrogen and oxygen atoms in total. The van der Waals surface area contributed by atoms with Gasteiger partial charge in [-0.25, -0.2) is 19.0 Å². The molecule has 33 heavy (non-hydrogen) atoms. The molecule has 4 aromatic rings. The molecule has 2 aromatic heterocycles. The van der Waals surface area contributed by atoms with Crippen molar-refractivity contribution in [1.29, 1.82) is 0 Å². The molecule has 1 aliphatic rings. The molecular formula is C25H25FN6O. The molecule has 0 saturated carbocycles. The molecule has 8 heteroatoms. The summed E-state index contributed by atoms with van der Waals surface area (Å²) in [6.07, 6.45) is 9.14. The van der Waals surface area contributed by atoms with Crippen molar-refractivity contribution in [3.05, 3.63) is 89.3 Å². The number of ether oxygens (including phenoxy) is 1. The zero-order chi connectivity index (χ0) is 23.0. The lowest BCUT2D eigenvalue weighted by atomic mass is 9.83. The van der Waals surface area contributed by atoms with Gasteiger partial charge in [-0.2, -0.15) is 5.10 Å². The first-order valence-electron chi connectivity index (χ1n) is 10.8. The standard InChI is InChI=1S/C25H25FN6O/c1-17-15-31(16-28-17)21-10-4-18(14-22(21)33-2)5-11-23-29-24-25(27,12-3-13-32(24)30-23)19-6-8-20(26)9-7-19/h4-11,14-16H,3,12-13,27H2,1-2H3/b11-5+. The molecule has 0 fully saturated rings. The van der Waals surface area contributed by atoms with Crippen LogP contribution in [0.2, 0.25) is 0 Å². The number of benzene rings is 2. The van der Waals surface area contributed by atoms with Gasteiger partial charge in [0.2, 0.25) is 0 Å². The summed E-state index contributed by atoms with van der Waals surface area (Å²) in [7, 11) is 1.65. The summed E-state index contributed by atoms with van der Waals surface area (Å²) in [5, 5.41) is 4.64. The van der Waals surface area contributed by atoms with Gasteiger partial charge in [-0.3, -0.25) is 0 Å². The van der Waals surface area contributed by atoms with E-state index in [1.807, 2.05) is 52.7 Å². The van der Waals surface area contributed by atoms with Crippen LogP contribution in [0, 0.1) is 12.7 Å². The highest BCUT2D eigenvalue weighted by molar-refractivity contribution is 5.69. The van der Waals surface area contributed by atoms with Crippen molar-refractivity contribution in [2.75, 3.05) is 7.11 Å². The largest absolute Gasteiger partial charge is 0.495 e. The van der Waals surface area contributed by atoms with Gasteiger partial charge < -0.3 is 15.0 Å². The van der Waals surface area contributed by atoms with E-state index in [1.54, 1.807) is 25.6 Å². The molecular weight excluding hydrogens is 419 g/mol. The Labute approximate surface area is 191 Å². The zero-order valence-corrected chi connectivity index (χ0v) is 18.6. The number of nitrogens with two attached hydrogens (primary N) is 1. The second-order valence-corrected chi connectivity index (χ2v) is 8.29. The molecule has 5 rings (SSSR count). The van der Waals surface area contributed by atoms with Gasteiger partial charge in [0.15, 0.2) is 11.6 Å².